The van der Waals surface area contributed by atoms with Crippen molar-refractivity contribution in [3.05, 3.63) is 0 Å². The molecule has 0 heterocycles. The van der Waals surface area contributed by atoms with Crippen LogP contribution in [0, 0.1) is 11.3 Å². The molecule has 0 saturated heterocycles. The van der Waals surface area contributed by atoms with Crippen molar-refractivity contribution < 1.29 is 4.74 Å². The van der Waals surface area contributed by atoms with Gasteiger partial charge in [0.1, 0.15) is 0 Å². The molecular formula is C10H19BrO. The van der Waals surface area contributed by atoms with Crippen molar-refractivity contribution >= 4 is 15.9 Å². The van der Waals surface area contributed by atoms with Gasteiger partial charge >= 0.3 is 0 Å². The lowest BCUT2D eigenvalue weighted by Gasteiger charge is -2.20. The van der Waals surface area contributed by atoms with E-state index in [1.54, 1.807) is 0 Å². The Morgan fingerprint density at radius 1 is 1.67 bits per heavy atom. The zero-order chi connectivity index (χ0) is 9.19. The third kappa shape index (κ3) is 2.02. The molecule has 3 unspecified atom stereocenters. The molecule has 0 amide bonds. The maximum absolute atomic E-state index is 5.40. The summed E-state index contributed by atoms with van der Waals surface area (Å²) in [5.74, 6) is 0.890. The van der Waals surface area contributed by atoms with Crippen LogP contribution >= 0.6 is 15.9 Å². The van der Waals surface area contributed by atoms with E-state index in [1.807, 2.05) is 7.11 Å². The van der Waals surface area contributed by atoms with Gasteiger partial charge in [0.15, 0.2) is 0 Å². The van der Waals surface area contributed by atoms with Crippen LogP contribution in [0.25, 0.3) is 0 Å². The van der Waals surface area contributed by atoms with Gasteiger partial charge in [-0.2, -0.15) is 0 Å². The maximum atomic E-state index is 5.40. The SMILES string of the molecule is CCC(CC1(CBr)CC1C)OC. The van der Waals surface area contributed by atoms with E-state index in [-0.39, 0.29) is 0 Å². The summed E-state index contributed by atoms with van der Waals surface area (Å²) in [6, 6.07) is 0. The lowest BCUT2D eigenvalue weighted by atomic mass is 9.97. The zero-order valence-corrected chi connectivity index (χ0v) is 9.86. The van der Waals surface area contributed by atoms with Crippen LogP contribution in [0.2, 0.25) is 0 Å². The fraction of sp³-hybridized carbons (Fsp3) is 1.00. The van der Waals surface area contributed by atoms with Gasteiger partial charge < -0.3 is 4.74 Å². The van der Waals surface area contributed by atoms with Crippen molar-refractivity contribution in [3.63, 3.8) is 0 Å². The second kappa shape index (κ2) is 4.10. The number of halogens is 1. The molecule has 3 atom stereocenters. The van der Waals surface area contributed by atoms with Crippen LogP contribution in [0.3, 0.4) is 0 Å². The highest BCUT2D eigenvalue weighted by Crippen LogP contribution is 2.56. The fourth-order valence-electron chi connectivity index (χ4n) is 1.92. The maximum Gasteiger partial charge on any atom is 0.0574 e. The largest absolute Gasteiger partial charge is 0.381 e. The molecule has 1 nitrogen and oxygen atoms in total. The van der Waals surface area contributed by atoms with Crippen molar-refractivity contribution in [1.82, 2.24) is 0 Å². The van der Waals surface area contributed by atoms with Crippen LogP contribution in [0.1, 0.15) is 33.1 Å². The molecule has 0 aromatic heterocycles. The van der Waals surface area contributed by atoms with Crippen molar-refractivity contribution in [2.45, 2.75) is 39.2 Å². The molecule has 1 aliphatic carbocycles. The summed E-state index contributed by atoms with van der Waals surface area (Å²) in [7, 11) is 1.82. The van der Waals surface area contributed by atoms with Crippen LogP contribution in [0.15, 0.2) is 0 Å². The number of ether oxygens (including phenoxy) is 1. The third-order valence-corrected chi connectivity index (χ3v) is 4.40. The minimum atomic E-state index is 0.465. The Labute approximate surface area is 84.0 Å². The summed E-state index contributed by atoms with van der Waals surface area (Å²) >= 11 is 3.61. The zero-order valence-electron chi connectivity index (χ0n) is 8.27. The monoisotopic (exact) mass is 234 g/mol. The molecule has 12 heavy (non-hydrogen) atoms. The standard InChI is InChI=1S/C10H19BrO/c1-4-9(12-3)6-10(7-11)5-8(10)2/h8-9H,4-7H2,1-3H3. The molecule has 0 spiro atoms. The Bertz CT molecular complexity index is 141. The van der Waals surface area contributed by atoms with Crippen molar-refractivity contribution in [2.24, 2.45) is 11.3 Å². The molecule has 1 rings (SSSR count). The van der Waals surface area contributed by atoms with Crippen LogP contribution in [0.4, 0.5) is 0 Å². The fourth-order valence-corrected chi connectivity index (χ4v) is 2.93. The van der Waals surface area contributed by atoms with Crippen molar-refractivity contribution in [2.75, 3.05) is 12.4 Å². The molecule has 0 aliphatic heterocycles. The average molecular weight is 235 g/mol. The molecule has 2 heteroatoms. The molecule has 0 N–H and O–H groups in total. The Hall–Kier alpha value is 0.440. The second-order valence-electron chi connectivity index (χ2n) is 4.07. The van der Waals surface area contributed by atoms with Crippen LogP contribution in [-0.2, 0) is 4.74 Å². The molecular weight excluding hydrogens is 216 g/mol. The molecule has 1 aliphatic rings. The first-order valence-corrected chi connectivity index (χ1v) is 5.89. The smallest absolute Gasteiger partial charge is 0.0574 e. The molecule has 0 aromatic rings. The Balaban J connectivity index is 2.38. The van der Waals surface area contributed by atoms with E-state index in [0.29, 0.717) is 11.5 Å². The summed E-state index contributed by atoms with van der Waals surface area (Å²) < 4.78 is 5.40. The number of alkyl halides is 1. The first kappa shape index (κ1) is 10.5. The summed E-state index contributed by atoms with van der Waals surface area (Å²) in [5.41, 5.74) is 0.566. The van der Waals surface area contributed by atoms with Crippen molar-refractivity contribution in [3.8, 4) is 0 Å². The van der Waals surface area contributed by atoms with Gasteiger partial charge in [0.05, 0.1) is 6.10 Å². The van der Waals surface area contributed by atoms with Crippen LogP contribution in [-0.4, -0.2) is 18.5 Å². The second-order valence-corrected chi connectivity index (χ2v) is 4.63. The van der Waals surface area contributed by atoms with Gasteiger partial charge in [0.2, 0.25) is 0 Å². The average Bonchev–Trinajstić information content (AvgIpc) is 2.73. The minimum absolute atomic E-state index is 0.465. The van der Waals surface area contributed by atoms with Gasteiger partial charge in [-0.05, 0) is 30.6 Å². The van der Waals surface area contributed by atoms with Gasteiger partial charge in [-0.1, -0.05) is 29.8 Å². The van der Waals surface area contributed by atoms with E-state index in [0.717, 1.165) is 17.7 Å². The van der Waals surface area contributed by atoms with E-state index < -0.39 is 0 Å². The quantitative estimate of drug-likeness (QED) is 0.665. The van der Waals surface area contributed by atoms with E-state index in [1.165, 1.54) is 12.8 Å². The van der Waals surface area contributed by atoms with E-state index in [4.69, 9.17) is 4.74 Å². The molecule has 0 radical (unpaired) electrons. The van der Waals surface area contributed by atoms with Crippen LogP contribution < -0.4 is 0 Å². The Morgan fingerprint density at radius 2 is 2.25 bits per heavy atom. The summed E-state index contributed by atoms with van der Waals surface area (Å²) in [6.45, 7) is 4.53. The minimum Gasteiger partial charge on any atom is -0.381 e. The highest BCUT2D eigenvalue weighted by atomic mass is 79.9. The lowest BCUT2D eigenvalue weighted by molar-refractivity contribution is 0.0743. The summed E-state index contributed by atoms with van der Waals surface area (Å²) in [6.07, 6.45) is 4.20. The van der Waals surface area contributed by atoms with Gasteiger partial charge in [-0.15, -0.1) is 0 Å². The third-order valence-electron chi connectivity index (χ3n) is 3.29. The molecule has 0 bridgehead atoms. The summed E-state index contributed by atoms with van der Waals surface area (Å²) in [4.78, 5) is 0. The number of hydrogen-bond donors (Lipinski definition) is 0. The first-order chi connectivity index (χ1) is 5.68. The number of rotatable bonds is 5. The Morgan fingerprint density at radius 3 is 2.50 bits per heavy atom. The predicted octanol–water partition coefficient (Wildman–Crippen LogP) is 3.22. The van der Waals surface area contributed by atoms with Gasteiger partial charge in [-0.25, -0.2) is 0 Å². The van der Waals surface area contributed by atoms with Gasteiger partial charge in [0.25, 0.3) is 0 Å². The van der Waals surface area contributed by atoms with Crippen LogP contribution in [0.5, 0.6) is 0 Å². The Kier molecular flexibility index (Phi) is 3.59. The molecule has 0 aromatic carbocycles. The molecule has 72 valence electrons. The van der Waals surface area contributed by atoms with E-state index >= 15 is 0 Å². The highest BCUT2D eigenvalue weighted by molar-refractivity contribution is 9.09. The number of methoxy groups -OCH3 is 1. The first-order valence-electron chi connectivity index (χ1n) is 4.77. The van der Waals surface area contributed by atoms with E-state index in [2.05, 4.69) is 29.8 Å². The van der Waals surface area contributed by atoms with E-state index in [9.17, 15) is 0 Å². The summed E-state index contributed by atoms with van der Waals surface area (Å²) in [5, 5.41) is 1.14. The predicted molar refractivity (Wildman–Crippen MR) is 55.7 cm³/mol. The number of hydrogen-bond acceptors (Lipinski definition) is 1. The van der Waals surface area contributed by atoms with Crippen molar-refractivity contribution in [1.29, 1.82) is 0 Å². The van der Waals surface area contributed by atoms with Gasteiger partial charge in [0, 0.05) is 12.4 Å². The normalized spacial score (nSPS) is 36.5. The lowest BCUT2D eigenvalue weighted by Crippen LogP contribution is -2.18. The molecule has 1 fully saturated rings. The topological polar surface area (TPSA) is 9.23 Å². The highest BCUT2D eigenvalue weighted by Gasteiger charge is 2.50. The van der Waals surface area contributed by atoms with Gasteiger partial charge in [-0.3, -0.25) is 0 Å². The molecule has 1 saturated carbocycles.